The molecule has 0 saturated heterocycles. The second-order valence-corrected chi connectivity index (χ2v) is 3.87. The summed E-state index contributed by atoms with van der Waals surface area (Å²) in [5.74, 6) is 0.830. The predicted molar refractivity (Wildman–Crippen MR) is 64.0 cm³/mol. The summed E-state index contributed by atoms with van der Waals surface area (Å²) in [6.07, 6.45) is 1.28. The lowest BCUT2D eigenvalue weighted by atomic mass is 10.1. The van der Waals surface area contributed by atoms with Crippen LogP contribution >= 0.6 is 0 Å². The zero-order valence-corrected chi connectivity index (χ0v) is 10.2. The van der Waals surface area contributed by atoms with E-state index in [1.165, 1.54) is 6.26 Å². The third-order valence-electron chi connectivity index (χ3n) is 2.71. The smallest absolute Gasteiger partial charge is 0.343 e. The van der Waals surface area contributed by atoms with Gasteiger partial charge in [-0.3, -0.25) is 0 Å². The molecule has 1 aliphatic rings. The zero-order valence-electron chi connectivity index (χ0n) is 10.2. The number of esters is 1. The van der Waals surface area contributed by atoms with Crippen molar-refractivity contribution < 1.29 is 23.5 Å². The van der Waals surface area contributed by atoms with E-state index in [-0.39, 0.29) is 6.79 Å². The van der Waals surface area contributed by atoms with Gasteiger partial charge in [0.05, 0.1) is 6.61 Å². The van der Waals surface area contributed by atoms with E-state index in [4.69, 9.17) is 18.7 Å². The Morgan fingerprint density at radius 3 is 3.05 bits per heavy atom. The Morgan fingerprint density at radius 1 is 1.37 bits per heavy atom. The Kier molecular flexibility index (Phi) is 2.83. The van der Waals surface area contributed by atoms with Gasteiger partial charge in [-0.15, -0.1) is 0 Å². The van der Waals surface area contributed by atoms with Gasteiger partial charge in [-0.05, 0) is 25.1 Å². The molecule has 1 aliphatic heterocycles. The van der Waals surface area contributed by atoms with E-state index in [1.807, 2.05) is 0 Å². The number of hydrogen-bond donors (Lipinski definition) is 0. The normalized spacial score (nSPS) is 12.5. The van der Waals surface area contributed by atoms with Gasteiger partial charge in [0, 0.05) is 5.56 Å². The first-order valence-electron chi connectivity index (χ1n) is 5.81. The summed E-state index contributed by atoms with van der Waals surface area (Å²) in [6.45, 7) is 2.23. The van der Waals surface area contributed by atoms with Crippen molar-refractivity contribution in [2.24, 2.45) is 0 Å². The van der Waals surface area contributed by atoms with Gasteiger partial charge in [-0.1, -0.05) is 5.16 Å². The molecule has 0 bridgehead atoms. The van der Waals surface area contributed by atoms with Gasteiger partial charge in [0.15, 0.2) is 11.5 Å². The molecule has 0 N–H and O–H groups in total. The summed E-state index contributed by atoms with van der Waals surface area (Å²) in [7, 11) is 0. The van der Waals surface area contributed by atoms with E-state index in [2.05, 4.69) is 5.16 Å². The Labute approximate surface area is 108 Å². The number of ether oxygens (including phenoxy) is 3. The average Bonchev–Trinajstić information content (AvgIpc) is 3.07. The molecule has 2 heterocycles. The van der Waals surface area contributed by atoms with E-state index >= 15 is 0 Å². The largest absolute Gasteiger partial charge is 0.462 e. The first-order chi connectivity index (χ1) is 9.29. The zero-order chi connectivity index (χ0) is 13.2. The van der Waals surface area contributed by atoms with Crippen LogP contribution in [-0.4, -0.2) is 24.5 Å². The number of aromatic nitrogens is 1. The lowest BCUT2D eigenvalue weighted by molar-refractivity contribution is 0.0526. The molecule has 6 nitrogen and oxygen atoms in total. The number of nitrogens with zero attached hydrogens (tertiary/aromatic N) is 1. The molecule has 0 spiro atoms. The molecule has 0 fully saturated rings. The minimum Gasteiger partial charge on any atom is -0.462 e. The molecule has 2 aromatic rings. The van der Waals surface area contributed by atoms with E-state index in [0.717, 1.165) is 0 Å². The Bertz CT molecular complexity index is 619. The lowest BCUT2D eigenvalue weighted by Gasteiger charge is -2.02. The second kappa shape index (κ2) is 4.64. The molecule has 1 aromatic carbocycles. The van der Waals surface area contributed by atoms with E-state index in [0.29, 0.717) is 34.9 Å². The van der Waals surface area contributed by atoms with Crippen molar-refractivity contribution in [1.29, 1.82) is 0 Å². The van der Waals surface area contributed by atoms with Gasteiger partial charge in [0.25, 0.3) is 0 Å². The third-order valence-corrected chi connectivity index (χ3v) is 2.71. The molecule has 0 unspecified atom stereocenters. The van der Waals surface area contributed by atoms with Gasteiger partial charge in [0.2, 0.25) is 6.79 Å². The van der Waals surface area contributed by atoms with Crippen LogP contribution in [-0.2, 0) is 4.74 Å². The highest BCUT2D eigenvalue weighted by molar-refractivity contribution is 5.95. The fourth-order valence-electron chi connectivity index (χ4n) is 1.84. The van der Waals surface area contributed by atoms with Crippen molar-refractivity contribution in [2.45, 2.75) is 6.92 Å². The maximum Gasteiger partial charge on any atom is 0.343 e. The minimum absolute atomic E-state index is 0.197. The monoisotopic (exact) mass is 261 g/mol. The number of fused-ring (bicyclic) bond motifs is 1. The second-order valence-electron chi connectivity index (χ2n) is 3.87. The Morgan fingerprint density at radius 2 is 2.21 bits per heavy atom. The summed E-state index contributed by atoms with van der Waals surface area (Å²) in [6, 6.07) is 5.30. The molecule has 0 atom stereocenters. The summed E-state index contributed by atoms with van der Waals surface area (Å²) in [5, 5.41) is 3.84. The maximum atomic E-state index is 11.8. The first kappa shape index (κ1) is 11.6. The average molecular weight is 261 g/mol. The summed E-state index contributed by atoms with van der Waals surface area (Å²) >= 11 is 0. The van der Waals surface area contributed by atoms with E-state index in [9.17, 15) is 4.79 Å². The van der Waals surface area contributed by atoms with Gasteiger partial charge in [0.1, 0.15) is 17.5 Å². The van der Waals surface area contributed by atoms with Crippen LogP contribution in [0.4, 0.5) is 0 Å². The van der Waals surface area contributed by atoms with Crippen LogP contribution in [0.5, 0.6) is 11.5 Å². The van der Waals surface area contributed by atoms with Crippen molar-refractivity contribution >= 4 is 5.97 Å². The van der Waals surface area contributed by atoms with Crippen LogP contribution in [0, 0.1) is 0 Å². The minimum atomic E-state index is -0.462. The maximum absolute atomic E-state index is 11.8. The molecule has 0 amide bonds. The van der Waals surface area contributed by atoms with Crippen LogP contribution in [0.2, 0.25) is 0 Å². The van der Waals surface area contributed by atoms with Crippen molar-refractivity contribution in [3.63, 3.8) is 0 Å². The van der Waals surface area contributed by atoms with Gasteiger partial charge >= 0.3 is 5.97 Å². The predicted octanol–water partition coefficient (Wildman–Crippen LogP) is 2.25. The van der Waals surface area contributed by atoms with Crippen molar-refractivity contribution in [3.05, 3.63) is 30.0 Å². The van der Waals surface area contributed by atoms with E-state index in [1.54, 1.807) is 25.1 Å². The molecule has 6 heteroatoms. The van der Waals surface area contributed by atoms with Crippen LogP contribution in [0.15, 0.2) is 29.0 Å². The fraction of sp³-hybridized carbons (Fsp3) is 0.231. The number of carbonyl (C=O) groups excluding carboxylic acids is 1. The molecule has 0 aliphatic carbocycles. The number of hydrogen-bond acceptors (Lipinski definition) is 6. The van der Waals surface area contributed by atoms with Crippen molar-refractivity contribution in [2.75, 3.05) is 13.4 Å². The van der Waals surface area contributed by atoms with Gasteiger partial charge in [-0.2, -0.15) is 0 Å². The number of benzene rings is 1. The van der Waals surface area contributed by atoms with Crippen LogP contribution in [0.25, 0.3) is 11.3 Å². The number of carbonyl (C=O) groups is 1. The highest BCUT2D eigenvalue weighted by atomic mass is 16.7. The lowest BCUT2D eigenvalue weighted by Crippen LogP contribution is -2.04. The van der Waals surface area contributed by atoms with Crippen LogP contribution in [0.3, 0.4) is 0 Å². The fourth-order valence-corrected chi connectivity index (χ4v) is 1.84. The van der Waals surface area contributed by atoms with Gasteiger partial charge < -0.3 is 18.7 Å². The highest BCUT2D eigenvalue weighted by Gasteiger charge is 2.21. The molecule has 98 valence electrons. The Balaban J connectivity index is 1.99. The highest BCUT2D eigenvalue weighted by Crippen LogP contribution is 2.36. The summed E-state index contributed by atoms with van der Waals surface area (Å²) < 4.78 is 20.3. The summed E-state index contributed by atoms with van der Waals surface area (Å²) in [4.78, 5) is 11.8. The third kappa shape index (κ3) is 2.01. The van der Waals surface area contributed by atoms with Crippen LogP contribution < -0.4 is 9.47 Å². The molecule has 0 radical (unpaired) electrons. The quantitative estimate of drug-likeness (QED) is 0.789. The molecule has 1 aromatic heterocycles. The standard InChI is InChI=1S/C13H11NO5/c1-2-16-13(15)9-6-19-14-12(9)8-3-4-10-11(5-8)18-7-17-10/h3-6H,2,7H2,1H3. The topological polar surface area (TPSA) is 70.8 Å². The SMILES string of the molecule is CCOC(=O)c1conc1-c1ccc2c(c1)OCO2. The number of rotatable bonds is 3. The summed E-state index contributed by atoms with van der Waals surface area (Å²) in [5.41, 5.74) is 1.43. The van der Waals surface area contributed by atoms with Crippen LogP contribution in [0.1, 0.15) is 17.3 Å². The van der Waals surface area contributed by atoms with Crippen molar-refractivity contribution in [1.82, 2.24) is 5.16 Å². The Hall–Kier alpha value is -2.50. The molecule has 3 rings (SSSR count). The first-order valence-corrected chi connectivity index (χ1v) is 5.81. The van der Waals surface area contributed by atoms with Gasteiger partial charge in [-0.25, -0.2) is 4.79 Å². The molecular weight excluding hydrogens is 250 g/mol. The molecular formula is C13H11NO5. The van der Waals surface area contributed by atoms with E-state index < -0.39 is 5.97 Å². The molecule has 19 heavy (non-hydrogen) atoms. The van der Waals surface area contributed by atoms with Crippen molar-refractivity contribution in [3.8, 4) is 22.8 Å². The molecule has 0 saturated carbocycles.